The van der Waals surface area contributed by atoms with Gasteiger partial charge in [0.2, 0.25) is 0 Å². The summed E-state index contributed by atoms with van der Waals surface area (Å²) in [6, 6.07) is 1.87. The second kappa shape index (κ2) is 4.70. The van der Waals surface area contributed by atoms with E-state index in [1.807, 2.05) is 6.07 Å². The van der Waals surface area contributed by atoms with Crippen LogP contribution in [0.4, 0.5) is 5.82 Å². The number of hydrogen-bond acceptors (Lipinski definition) is 4. The predicted octanol–water partition coefficient (Wildman–Crippen LogP) is 1.69. The van der Waals surface area contributed by atoms with Crippen molar-refractivity contribution in [2.45, 2.75) is 6.42 Å². The van der Waals surface area contributed by atoms with Crippen LogP contribution in [0.2, 0.25) is 0 Å². The van der Waals surface area contributed by atoms with Crippen molar-refractivity contribution in [3.8, 4) is 0 Å². The molecule has 0 spiro atoms. The Bertz CT molecular complexity index is 302. The zero-order valence-corrected chi connectivity index (χ0v) is 9.33. The van der Waals surface area contributed by atoms with Crippen molar-refractivity contribution in [2.75, 3.05) is 25.1 Å². The van der Waals surface area contributed by atoms with Gasteiger partial charge in [0, 0.05) is 25.1 Å². The molecular weight excluding hydrogens is 246 g/mol. The lowest BCUT2D eigenvalue weighted by Gasteiger charge is -2.09. The third kappa shape index (κ3) is 2.65. The highest BCUT2D eigenvalue weighted by Gasteiger charge is 2.14. The molecule has 0 amide bonds. The molecule has 4 nitrogen and oxygen atoms in total. The summed E-state index contributed by atoms with van der Waals surface area (Å²) in [5.41, 5.74) is 0. The number of halogens is 1. The normalized spacial score (nSPS) is 21.1. The van der Waals surface area contributed by atoms with Gasteiger partial charge in [0.15, 0.2) is 0 Å². The van der Waals surface area contributed by atoms with E-state index in [0.29, 0.717) is 5.92 Å². The summed E-state index contributed by atoms with van der Waals surface area (Å²) in [7, 11) is 0. The Morgan fingerprint density at radius 3 is 3.21 bits per heavy atom. The van der Waals surface area contributed by atoms with Gasteiger partial charge in [-0.1, -0.05) is 0 Å². The first kappa shape index (κ1) is 9.86. The Morgan fingerprint density at radius 2 is 2.50 bits per heavy atom. The number of ether oxygens (including phenoxy) is 1. The van der Waals surface area contributed by atoms with Crippen LogP contribution in [0.25, 0.3) is 0 Å². The quantitative estimate of drug-likeness (QED) is 0.838. The molecule has 1 N–H and O–H groups in total. The molecule has 2 heterocycles. The summed E-state index contributed by atoms with van der Waals surface area (Å²) >= 11 is 3.30. The summed E-state index contributed by atoms with van der Waals surface area (Å²) in [6.45, 7) is 2.67. The van der Waals surface area contributed by atoms with Gasteiger partial charge in [-0.25, -0.2) is 9.97 Å². The molecule has 1 aromatic rings. The Balaban J connectivity index is 1.85. The van der Waals surface area contributed by atoms with E-state index in [2.05, 4.69) is 31.2 Å². The Labute approximate surface area is 91.2 Å². The third-order valence-corrected chi connectivity index (χ3v) is 2.66. The van der Waals surface area contributed by atoms with E-state index in [4.69, 9.17) is 4.74 Å². The van der Waals surface area contributed by atoms with E-state index < -0.39 is 0 Å². The van der Waals surface area contributed by atoms with E-state index in [9.17, 15) is 0 Å². The van der Waals surface area contributed by atoms with Crippen molar-refractivity contribution in [3.63, 3.8) is 0 Å². The molecule has 0 bridgehead atoms. The summed E-state index contributed by atoms with van der Waals surface area (Å²) in [5, 5.41) is 3.27. The average Bonchev–Trinajstić information content (AvgIpc) is 2.67. The van der Waals surface area contributed by atoms with Crippen molar-refractivity contribution in [3.05, 3.63) is 17.0 Å². The van der Waals surface area contributed by atoms with Crippen molar-refractivity contribution in [1.82, 2.24) is 9.97 Å². The Morgan fingerprint density at radius 1 is 1.57 bits per heavy atom. The monoisotopic (exact) mass is 257 g/mol. The van der Waals surface area contributed by atoms with Crippen LogP contribution >= 0.6 is 15.9 Å². The molecule has 0 aromatic carbocycles. The van der Waals surface area contributed by atoms with Gasteiger partial charge < -0.3 is 10.1 Å². The second-order valence-electron chi connectivity index (χ2n) is 3.34. The van der Waals surface area contributed by atoms with E-state index in [1.54, 1.807) is 0 Å². The molecule has 1 saturated heterocycles. The number of anilines is 1. The summed E-state index contributed by atoms with van der Waals surface area (Å²) in [6.07, 6.45) is 2.68. The molecule has 1 fully saturated rings. The van der Waals surface area contributed by atoms with Crippen molar-refractivity contribution in [1.29, 1.82) is 0 Å². The van der Waals surface area contributed by atoms with Crippen molar-refractivity contribution < 1.29 is 4.74 Å². The highest BCUT2D eigenvalue weighted by molar-refractivity contribution is 9.10. The fourth-order valence-electron chi connectivity index (χ4n) is 1.42. The lowest BCUT2D eigenvalue weighted by Crippen LogP contribution is -2.14. The molecule has 1 unspecified atom stereocenters. The molecule has 0 saturated carbocycles. The standard InChI is InChI=1S/C9H12BrN3O/c10-8-3-9(13-6-12-8)11-4-7-1-2-14-5-7/h3,6-7H,1-2,4-5H2,(H,11,12,13). The van der Waals surface area contributed by atoms with Crippen molar-refractivity contribution >= 4 is 21.7 Å². The fourth-order valence-corrected chi connectivity index (χ4v) is 1.73. The van der Waals surface area contributed by atoms with Crippen LogP contribution in [0.3, 0.4) is 0 Å². The topological polar surface area (TPSA) is 47.0 Å². The number of nitrogens with one attached hydrogen (secondary N) is 1. The molecule has 14 heavy (non-hydrogen) atoms. The predicted molar refractivity (Wildman–Crippen MR) is 57.1 cm³/mol. The van der Waals surface area contributed by atoms with E-state index >= 15 is 0 Å². The number of nitrogens with zero attached hydrogens (tertiary/aromatic N) is 2. The molecule has 0 aliphatic carbocycles. The first-order valence-electron chi connectivity index (χ1n) is 4.64. The number of aromatic nitrogens is 2. The Hall–Kier alpha value is -0.680. The van der Waals surface area contributed by atoms with Crippen LogP contribution in [0.5, 0.6) is 0 Å². The third-order valence-electron chi connectivity index (χ3n) is 2.23. The summed E-state index contributed by atoms with van der Waals surface area (Å²) < 4.78 is 6.09. The molecule has 0 radical (unpaired) electrons. The molecule has 2 rings (SSSR count). The number of rotatable bonds is 3. The van der Waals surface area contributed by atoms with Gasteiger partial charge in [-0.2, -0.15) is 0 Å². The van der Waals surface area contributed by atoms with E-state index in [-0.39, 0.29) is 0 Å². The first-order chi connectivity index (χ1) is 6.84. The van der Waals surface area contributed by atoms with Gasteiger partial charge in [0.1, 0.15) is 16.7 Å². The fraction of sp³-hybridized carbons (Fsp3) is 0.556. The van der Waals surface area contributed by atoms with E-state index in [1.165, 1.54) is 6.33 Å². The second-order valence-corrected chi connectivity index (χ2v) is 4.15. The zero-order chi connectivity index (χ0) is 9.80. The van der Waals surface area contributed by atoms with Gasteiger partial charge in [0.25, 0.3) is 0 Å². The molecule has 1 aromatic heterocycles. The Kier molecular flexibility index (Phi) is 3.31. The number of hydrogen-bond donors (Lipinski definition) is 1. The largest absolute Gasteiger partial charge is 0.381 e. The molecule has 5 heteroatoms. The highest BCUT2D eigenvalue weighted by Crippen LogP contribution is 2.14. The molecule has 1 aliphatic heterocycles. The minimum absolute atomic E-state index is 0.615. The lowest BCUT2D eigenvalue weighted by atomic mass is 10.1. The van der Waals surface area contributed by atoms with Crippen LogP contribution in [0.1, 0.15) is 6.42 Å². The molecule has 76 valence electrons. The maximum atomic E-state index is 5.29. The molecule has 1 aliphatic rings. The van der Waals surface area contributed by atoms with Crippen LogP contribution in [-0.2, 0) is 4.74 Å². The average molecular weight is 258 g/mol. The lowest BCUT2D eigenvalue weighted by molar-refractivity contribution is 0.187. The van der Waals surface area contributed by atoms with Gasteiger partial charge in [0.05, 0.1) is 6.61 Å². The van der Waals surface area contributed by atoms with Gasteiger partial charge >= 0.3 is 0 Å². The molecular formula is C9H12BrN3O. The van der Waals surface area contributed by atoms with E-state index in [0.717, 1.165) is 36.6 Å². The maximum Gasteiger partial charge on any atom is 0.130 e. The molecule has 1 atom stereocenters. The summed E-state index contributed by atoms with van der Waals surface area (Å²) in [5.74, 6) is 1.47. The zero-order valence-electron chi connectivity index (χ0n) is 7.74. The van der Waals surface area contributed by atoms with Crippen LogP contribution < -0.4 is 5.32 Å². The maximum absolute atomic E-state index is 5.29. The van der Waals surface area contributed by atoms with Crippen LogP contribution in [0, 0.1) is 5.92 Å². The van der Waals surface area contributed by atoms with Crippen LogP contribution in [0.15, 0.2) is 17.0 Å². The van der Waals surface area contributed by atoms with Crippen LogP contribution in [-0.4, -0.2) is 29.7 Å². The minimum Gasteiger partial charge on any atom is -0.381 e. The summed E-state index contributed by atoms with van der Waals surface area (Å²) in [4.78, 5) is 8.07. The van der Waals surface area contributed by atoms with Gasteiger partial charge in [-0.05, 0) is 22.4 Å². The smallest absolute Gasteiger partial charge is 0.130 e. The van der Waals surface area contributed by atoms with Gasteiger partial charge in [-0.15, -0.1) is 0 Å². The SMILES string of the molecule is Brc1cc(NCC2CCOC2)ncn1. The first-order valence-corrected chi connectivity index (χ1v) is 5.43. The van der Waals surface area contributed by atoms with Gasteiger partial charge in [-0.3, -0.25) is 0 Å². The minimum atomic E-state index is 0.615. The highest BCUT2D eigenvalue weighted by atomic mass is 79.9. The van der Waals surface area contributed by atoms with Crippen molar-refractivity contribution in [2.24, 2.45) is 5.92 Å².